The Morgan fingerprint density at radius 2 is 2.00 bits per heavy atom. The van der Waals surface area contributed by atoms with Crippen LogP contribution < -0.4 is 0 Å². The van der Waals surface area contributed by atoms with Crippen molar-refractivity contribution in [3.63, 3.8) is 0 Å². The van der Waals surface area contributed by atoms with E-state index in [0.29, 0.717) is 6.54 Å². The Labute approximate surface area is 93.3 Å². The van der Waals surface area contributed by atoms with Gasteiger partial charge >= 0.3 is 0 Å². The van der Waals surface area contributed by atoms with Crippen LogP contribution in [0, 0.1) is 11.3 Å². The highest BCUT2D eigenvalue weighted by atomic mass is 79.9. The Bertz CT molecular complexity index is 313. The lowest BCUT2D eigenvalue weighted by Gasteiger charge is -2.16. The molecule has 1 aromatic carbocycles. The minimum absolute atomic E-state index is 0.493. The van der Waals surface area contributed by atoms with Crippen LogP contribution in [0.15, 0.2) is 28.7 Å². The van der Waals surface area contributed by atoms with Crippen molar-refractivity contribution in [1.29, 1.82) is 5.26 Å². The summed E-state index contributed by atoms with van der Waals surface area (Å²) in [7, 11) is 0. The van der Waals surface area contributed by atoms with Crippen LogP contribution in [-0.2, 0) is 6.54 Å². The largest absolute Gasteiger partial charge is 0.287 e. The Hall–Kier alpha value is -0.850. The van der Waals surface area contributed by atoms with E-state index in [2.05, 4.69) is 46.0 Å². The van der Waals surface area contributed by atoms with Crippen molar-refractivity contribution < 1.29 is 0 Å². The first-order valence-corrected chi connectivity index (χ1v) is 5.39. The van der Waals surface area contributed by atoms with Crippen LogP contribution in [0.2, 0.25) is 0 Å². The molecule has 0 atom stereocenters. The van der Waals surface area contributed by atoms with E-state index < -0.39 is 0 Å². The van der Waals surface area contributed by atoms with E-state index in [9.17, 15) is 0 Å². The SMILES string of the molecule is CCN(CC#N)Cc1ccc(Br)cc1. The van der Waals surface area contributed by atoms with Gasteiger partial charge in [-0.15, -0.1) is 0 Å². The molecule has 0 unspecified atom stereocenters. The quantitative estimate of drug-likeness (QED) is 0.771. The number of nitriles is 1. The van der Waals surface area contributed by atoms with E-state index in [0.717, 1.165) is 17.6 Å². The predicted molar refractivity (Wildman–Crippen MR) is 60.7 cm³/mol. The number of hydrogen-bond acceptors (Lipinski definition) is 2. The fourth-order valence-corrected chi connectivity index (χ4v) is 1.49. The summed E-state index contributed by atoms with van der Waals surface area (Å²) in [5.41, 5.74) is 1.24. The smallest absolute Gasteiger partial charge is 0.0868 e. The molecule has 74 valence electrons. The topological polar surface area (TPSA) is 27.0 Å². The molecule has 1 aromatic rings. The molecule has 0 aliphatic carbocycles. The second-order valence-corrected chi connectivity index (χ2v) is 4.00. The maximum absolute atomic E-state index is 8.59. The van der Waals surface area contributed by atoms with Crippen molar-refractivity contribution in [3.05, 3.63) is 34.3 Å². The van der Waals surface area contributed by atoms with Crippen LogP contribution >= 0.6 is 15.9 Å². The van der Waals surface area contributed by atoms with Gasteiger partial charge in [0.15, 0.2) is 0 Å². The first-order valence-electron chi connectivity index (χ1n) is 4.60. The van der Waals surface area contributed by atoms with Crippen LogP contribution in [-0.4, -0.2) is 18.0 Å². The van der Waals surface area contributed by atoms with Crippen molar-refractivity contribution in [3.8, 4) is 6.07 Å². The first kappa shape index (κ1) is 11.2. The summed E-state index contributed by atoms with van der Waals surface area (Å²) in [6, 6.07) is 10.4. The highest BCUT2D eigenvalue weighted by molar-refractivity contribution is 9.10. The van der Waals surface area contributed by atoms with Gasteiger partial charge in [0, 0.05) is 11.0 Å². The molecule has 0 radical (unpaired) electrons. The third-order valence-corrected chi connectivity index (χ3v) is 2.59. The molecule has 0 bridgehead atoms. The lowest BCUT2D eigenvalue weighted by Crippen LogP contribution is -2.22. The zero-order chi connectivity index (χ0) is 10.4. The third kappa shape index (κ3) is 3.49. The average molecular weight is 253 g/mol. The summed E-state index contributed by atoms with van der Waals surface area (Å²) < 4.78 is 1.09. The van der Waals surface area contributed by atoms with Gasteiger partial charge < -0.3 is 0 Å². The molecular weight excluding hydrogens is 240 g/mol. The molecule has 2 nitrogen and oxygen atoms in total. The summed E-state index contributed by atoms with van der Waals surface area (Å²) in [5.74, 6) is 0. The summed E-state index contributed by atoms with van der Waals surface area (Å²) in [6.45, 7) is 4.31. The summed E-state index contributed by atoms with van der Waals surface area (Å²) >= 11 is 3.39. The zero-order valence-corrected chi connectivity index (χ0v) is 9.79. The molecular formula is C11H13BrN2. The average Bonchev–Trinajstić information content (AvgIpc) is 2.20. The van der Waals surface area contributed by atoms with Crippen molar-refractivity contribution in [2.45, 2.75) is 13.5 Å². The highest BCUT2D eigenvalue weighted by Gasteiger charge is 2.01. The third-order valence-electron chi connectivity index (χ3n) is 2.06. The second-order valence-electron chi connectivity index (χ2n) is 3.09. The van der Waals surface area contributed by atoms with Gasteiger partial charge in [0.2, 0.25) is 0 Å². The van der Waals surface area contributed by atoms with Crippen LogP contribution in [0.5, 0.6) is 0 Å². The molecule has 0 saturated heterocycles. The van der Waals surface area contributed by atoms with Gasteiger partial charge in [-0.2, -0.15) is 5.26 Å². The maximum Gasteiger partial charge on any atom is 0.0868 e. The zero-order valence-electron chi connectivity index (χ0n) is 8.20. The van der Waals surface area contributed by atoms with Gasteiger partial charge in [-0.1, -0.05) is 35.0 Å². The van der Waals surface area contributed by atoms with Crippen LogP contribution in [0.1, 0.15) is 12.5 Å². The predicted octanol–water partition coefficient (Wildman–Crippen LogP) is 2.79. The lowest BCUT2D eigenvalue weighted by atomic mass is 10.2. The lowest BCUT2D eigenvalue weighted by molar-refractivity contribution is 0.315. The normalized spacial score (nSPS) is 10.1. The second kappa shape index (κ2) is 5.79. The molecule has 0 N–H and O–H groups in total. The van der Waals surface area contributed by atoms with Gasteiger partial charge in [0.1, 0.15) is 0 Å². The Morgan fingerprint density at radius 1 is 1.36 bits per heavy atom. The molecule has 0 amide bonds. The standard InChI is InChI=1S/C11H13BrN2/c1-2-14(8-7-13)9-10-3-5-11(12)6-4-10/h3-6H,2,8-9H2,1H3. The molecule has 0 heterocycles. The molecule has 3 heteroatoms. The molecule has 0 spiro atoms. The number of halogens is 1. The minimum Gasteiger partial charge on any atom is -0.287 e. The van der Waals surface area contributed by atoms with E-state index >= 15 is 0 Å². The first-order chi connectivity index (χ1) is 6.76. The molecule has 0 saturated carbocycles. The maximum atomic E-state index is 8.59. The van der Waals surface area contributed by atoms with Gasteiger partial charge in [-0.05, 0) is 24.2 Å². The fraction of sp³-hybridized carbons (Fsp3) is 0.364. The molecule has 0 fully saturated rings. The van der Waals surface area contributed by atoms with Crippen molar-refractivity contribution in [2.24, 2.45) is 0 Å². The monoisotopic (exact) mass is 252 g/mol. The van der Waals surface area contributed by atoms with Crippen LogP contribution in [0.4, 0.5) is 0 Å². The Morgan fingerprint density at radius 3 is 2.50 bits per heavy atom. The molecule has 0 aromatic heterocycles. The van der Waals surface area contributed by atoms with E-state index in [1.54, 1.807) is 0 Å². The fourth-order valence-electron chi connectivity index (χ4n) is 1.23. The van der Waals surface area contributed by atoms with Crippen molar-refractivity contribution in [2.75, 3.05) is 13.1 Å². The molecule has 0 aliphatic heterocycles. The van der Waals surface area contributed by atoms with Gasteiger partial charge in [0.25, 0.3) is 0 Å². The molecule has 0 aliphatic rings. The van der Waals surface area contributed by atoms with E-state index in [1.165, 1.54) is 5.56 Å². The summed E-state index contributed by atoms with van der Waals surface area (Å²) in [6.07, 6.45) is 0. The number of rotatable bonds is 4. The number of hydrogen-bond donors (Lipinski definition) is 0. The summed E-state index contributed by atoms with van der Waals surface area (Å²) in [4.78, 5) is 2.10. The van der Waals surface area contributed by atoms with Crippen molar-refractivity contribution >= 4 is 15.9 Å². The number of nitrogens with zero attached hydrogens (tertiary/aromatic N) is 2. The summed E-state index contributed by atoms with van der Waals surface area (Å²) in [5, 5.41) is 8.59. The number of benzene rings is 1. The minimum atomic E-state index is 0.493. The van der Waals surface area contributed by atoms with Crippen molar-refractivity contribution in [1.82, 2.24) is 4.90 Å². The van der Waals surface area contributed by atoms with Crippen LogP contribution in [0.3, 0.4) is 0 Å². The van der Waals surface area contributed by atoms with Gasteiger partial charge in [0.05, 0.1) is 12.6 Å². The van der Waals surface area contributed by atoms with Crippen LogP contribution in [0.25, 0.3) is 0 Å². The highest BCUT2D eigenvalue weighted by Crippen LogP contribution is 2.11. The molecule has 1 rings (SSSR count). The molecule has 14 heavy (non-hydrogen) atoms. The van der Waals surface area contributed by atoms with E-state index in [-0.39, 0.29) is 0 Å². The van der Waals surface area contributed by atoms with E-state index in [4.69, 9.17) is 5.26 Å². The van der Waals surface area contributed by atoms with E-state index in [1.807, 2.05) is 12.1 Å². The Kier molecular flexibility index (Phi) is 4.64. The van der Waals surface area contributed by atoms with Gasteiger partial charge in [-0.3, -0.25) is 4.90 Å². The Balaban J connectivity index is 2.59. The van der Waals surface area contributed by atoms with Gasteiger partial charge in [-0.25, -0.2) is 0 Å².